The Kier molecular flexibility index (Phi) is 8.36. The molecule has 2 fully saturated rings. The molecular formula is C30H36ClN3O7. The molecule has 4 rings (SSSR count). The first-order valence-corrected chi connectivity index (χ1v) is 13.9. The summed E-state index contributed by atoms with van der Waals surface area (Å²) < 4.78 is 5.06. The van der Waals surface area contributed by atoms with E-state index in [0.717, 1.165) is 5.56 Å². The number of halogens is 1. The number of carbonyl (C=O) groups excluding carboxylic acids is 3. The maximum Gasteiger partial charge on any atom is 0.408 e. The molecule has 0 aromatic heterocycles. The number of Topliss-reactive ketones (excluding diaryl/α,β-unsaturated/α-hetero) is 1. The van der Waals surface area contributed by atoms with Crippen LogP contribution in [0, 0.1) is 16.7 Å². The zero-order chi connectivity index (χ0) is 30.2. The maximum absolute atomic E-state index is 14.1. The third kappa shape index (κ3) is 6.17. The van der Waals surface area contributed by atoms with Crippen LogP contribution >= 0.6 is 11.6 Å². The molecule has 2 N–H and O–H groups in total. The normalized spacial score (nSPS) is 27.4. The van der Waals surface area contributed by atoms with Crippen molar-refractivity contribution < 1.29 is 33.9 Å². The molecule has 41 heavy (non-hydrogen) atoms. The minimum Gasteiger partial charge on any atom is -0.481 e. The Morgan fingerprint density at radius 1 is 1.29 bits per heavy atom. The van der Waals surface area contributed by atoms with Gasteiger partial charge in [0.15, 0.2) is 11.4 Å². The number of nitrogens with zero attached hydrogens (tertiary/aromatic N) is 2. The molecule has 0 bridgehead atoms. The number of hydrogen-bond acceptors (Lipinski definition) is 7. The SMILES string of the molecule is C=CCOC(=O)N[C@H](C(=O)N1C[C@@]2(CC(c3cccc(Cl)c3)=NO2)C[C@H]1C(=O)C[C@]1(C(=O)O)C[C@H]1C=C)C(C)(C)C. The van der Waals surface area contributed by atoms with Gasteiger partial charge in [-0.25, -0.2) is 4.79 Å². The standard InChI is InChI=1S/C30H36ClN3O7/c1-6-11-40-27(39)32-24(28(3,4)5)25(36)34-17-29(14-21(33-41-29)18-9-8-10-20(31)12-18)15-22(34)23(35)16-30(26(37)38)13-19(30)7-2/h6-10,12,19,22,24H,1-2,11,13-17H2,3-5H3,(H,32,39)(H,37,38)/t19-,22+,24-,29-,30-/m1/s1. The molecule has 1 aliphatic carbocycles. The van der Waals surface area contributed by atoms with Crippen LogP contribution in [0.4, 0.5) is 4.79 Å². The van der Waals surface area contributed by atoms with Gasteiger partial charge < -0.3 is 24.9 Å². The number of rotatable bonds is 10. The van der Waals surface area contributed by atoms with Crippen LogP contribution in [0.25, 0.3) is 0 Å². The van der Waals surface area contributed by atoms with Crippen LogP contribution in [0.2, 0.25) is 5.02 Å². The van der Waals surface area contributed by atoms with Gasteiger partial charge in [0.05, 0.1) is 23.7 Å². The average Bonchev–Trinajstić information content (AvgIpc) is 3.28. The van der Waals surface area contributed by atoms with Crippen LogP contribution in [0.1, 0.15) is 52.0 Å². The summed E-state index contributed by atoms with van der Waals surface area (Å²) >= 11 is 6.17. The van der Waals surface area contributed by atoms with Gasteiger partial charge in [0.25, 0.3) is 0 Å². The zero-order valence-electron chi connectivity index (χ0n) is 23.5. The number of benzene rings is 1. The Bertz CT molecular complexity index is 1300. The van der Waals surface area contributed by atoms with Crippen LogP contribution in [-0.4, -0.2) is 70.3 Å². The minimum atomic E-state index is -1.24. The molecule has 220 valence electrons. The topological polar surface area (TPSA) is 135 Å². The number of hydrogen-bond donors (Lipinski definition) is 2. The van der Waals surface area contributed by atoms with Crippen molar-refractivity contribution >= 4 is 41.1 Å². The monoisotopic (exact) mass is 585 g/mol. The van der Waals surface area contributed by atoms with Gasteiger partial charge in [-0.05, 0) is 29.9 Å². The summed E-state index contributed by atoms with van der Waals surface area (Å²) in [5.74, 6) is -2.27. The van der Waals surface area contributed by atoms with Crippen molar-refractivity contribution in [2.45, 2.75) is 64.1 Å². The van der Waals surface area contributed by atoms with Crippen LogP contribution in [0.5, 0.6) is 0 Å². The van der Waals surface area contributed by atoms with E-state index in [1.165, 1.54) is 11.0 Å². The van der Waals surface area contributed by atoms with Crippen molar-refractivity contribution in [3.8, 4) is 0 Å². The van der Waals surface area contributed by atoms with Crippen molar-refractivity contribution in [1.29, 1.82) is 0 Å². The second kappa shape index (κ2) is 11.3. The van der Waals surface area contributed by atoms with Crippen molar-refractivity contribution in [1.82, 2.24) is 10.2 Å². The van der Waals surface area contributed by atoms with Crippen LogP contribution in [-0.2, 0) is 24.0 Å². The van der Waals surface area contributed by atoms with Gasteiger partial charge in [-0.3, -0.25) is 14.4 Å². The fraction of sp³-hybridized carbons (Fsp3) is 0.500. The summed E-state index contributed by atoms with van der Waals surface area (Å²) in [6.45, 7) is 12.6. The molecule has 10 nitrogen and oxygen atoms in total. The number of ketones is 1. The summed E-state index contributed by atoms with van der Waals surface area (Å²) in [5, 5.41) is 17.4. The van der Waals surface area contributed by atoms with Crippen molar-refractivity contribution in [2.75, 3.05) is 13.2 Å². The lowest BCUT2D eigenvalue weighted by atomic mass is 9.85. The van der Waals surface area contributed by atoms with Gasteiger partial charge in [0, 0.05) is 29.8 Å². The molecule has 2 aliphatic heterocycles. The Labute approximate surface area is 244 Å². The Morgan fingerprint density at radius 3 is 2.61 bits per heavy atom. The largest absolute Gasteiger partial charge is 0.481 e. The predicted molar refractivity (Wildman–Crippen MR) is 152 cm³/mol. The second-order valence-electron chi connectivity index (χ2n) is 12.2. The molecule has 11 heteroatoms. The summed E-state index contributed by atoms with van der Waals surface area (Å²) in [6.07, 6.45) is 2.67. The number of allylic oxidation sites excluding steroid dienone is 1. The Balaban J connectivity index is 1.63. The first kappa shape index (κ1) is 30.3. The molecule has 0 radical (unpaired) electrons. The van der Waals surface area contributed by atoms with Crippen LogP contribution < -0.4 is 5.32 Å². The lowest BCUT2D eigenvalue weighted by Gasteiger charge is -2.35. The highest BCUT2D eigenvalue weighted by atomic mass is 35.5. The van der Waals surface area contributed by atoms with Gasteiger partial charge in [-0.1, -0.05) is 68.4 Å². The van der Waals surface area contributed by atoms with Gasteiger partial charge >= 0.3 is 12.1 Å². The fourth-order valence-electron chi connectivity index (χ4n) is 5.71. The lowest BCUT2D eigenvalue weighted by molar-refractivity contribution is -0.147. The van der Waals surface area contributed by atoms with Gasteiger partial charge in [0.1, 0.15) is 12.6 Å². The van der Waals surface area contributed by atoms with Gasteiger partial charge in [-0.2, -0.15) is 0 Å². The van der Waals surface area contributed by atoms with E-state index < -0.39 is 46.5 Å². The molecule has 2 amide bonds. The van der Waals surface area contributed by atoms with E-state index >= 15 is 0 Å². The zero-order valence-corrected chi connectivity index (χ0v) is 24.3. The summed E-state index contributed by atoms with van der Waals surface area (Å²) in [5.41, 5.74) is -1.60. The van der Waals surface area contributed by atoms with Crippen molar-refractivity contribution in [3.05, 3.63) is 60.2 Å². The summed E-state index contributed by atoms with van der Waals surface area (Å²) in [7, 11) is 0. The van der Waals surface area contributed by atoms with Crippen molar-refractivity contribution in [3.63, 3.8) is 0 Å². The number of carbonyl (C=O) groups is 4. The average molecular weight is 586 g/mol. The number of carboxylic acids is 1. The number of carboxylic acid groups (broad SMARTS) is 1. The number of nitrogens with one attached hydrogen (secondary N) is 1. The molecule has 3 aliphatic rings. The summed E-state index contributed by atoms with van der Waals surface area (Å²) in [6, 6.07) is 5.13. The highest BCUT2D eigenvalue weighted by Crippen LogP contribution is 2.57. The highest BCUT2D eigenvalue weighted by molar-refractivity contribution is 6.31. The van der Waals surface area contributed by atoms with Gasteiger partial charge in [-0.15, -0.1) is 6.58 Å². The maximum atomic E-state index is 14.1. The molecule has 1 aromatic rings. The molecule has 5 atom stereocenters. The number of oxime groups is 1. The van der Waals surface area contributed by atoms with E-state index in [4.69, 9.17) is 21.2 Å². The molecule has 1 aromatic carbocycles. The first-order valence-electron chi connectivity index (χ1n) is 13.5. The third-order valence-electron chi connectivity index (χ3n) is 8.09. The van der Waals surface area contributed by atoms with Crippen LogP contribution in [0.15, 0.2) is 54.7 Å². The number of likely N-dealkylation sites (tertiary alicyclic amines) is 1. The van der Waals surface area contributed by atoms with E-state index in [9.17, 15) is 24.3 Å². The van der Waals surface area contributed by atoms with Gasteiger partial charge in [0.2, 0.25) is 5.91 Å². The van der Waals surface area contributed by atoms with Crippen LogP contribution in [0.3, 0.4) is 0 Å². The quantitative estimate of drug-likeness (QED) is 0.389. The van der Waals surface area contributed by atoms with E-state index in [1.54, 1.807) is 45.0 Å². The highest BCUT2D eigenvalue weighted by Gasteiger charge is 2.62. The lowest BCUT2D eigenvalue weighted by Crippen LogP contribution is -2.57. The van der Waals surface area contributed by atoms with E-state index in [-0.39, 0.29) is 37.7 Å². The third-order valence-corrected chi connectivity index (χ3v) is 8.33. The number of alkyl carbamates (subject to hydrolysis) is 1. The second-order valence-corrected chi connectivity index (χ2v) is 12.6. The molecule has 2 heterocycles. The summed E-state index contributed by atoms with van der Waals surface area (Å²) in [4.78, 5) is 59.9. The molecular weight excluding hydrogens is 550 g/mol. The number of ether oxygens (including phenoxy) is 1. The number of aliphatic carboxylic acids is 1. The smallest absolute Gasteiger partial charge is 0.408 e. The molecule has 1 saturated carbocycles. The van der Waals surface area contributed by atoms with E-state index in [1.807, 2.05) is 6.07 Å². The molecule has 1 saturated heterocycles. The van der Waals surface area contributed by atoms with Crippen molar-refractivity contribution in [2.24, 2.45) is 21.9 Å². The molecule has 1 spiro atoms. The number of amides is 2. The Morgan fingerprint density at radius 2 is 2.02 bits per heavy atom. The molecule has 0 unspecified atom stereocenters. The first-order chi connectivity index (χ1) is 19.2. The van der Waals surface area contributed by atoms with E-state index in [2.05, 4.69) is 23.6 Å². The van der Waals surface area contributed by atoms with E-state index in [0.29, 0.717) is 23.6 Å². The minimum absolute atomic E-state index is 0.0245. The predicted octanol–water partition coefficient (Wildman–Crippen LogP) is 4.37. The fourth-order valence-corrected chi connectivity index (χ4v) is 5.90. The Hall–Kier alpha value is -3.66.